The average molecular weight is 235 g/mol. The maximum absolute atomic E-state index is 10.2. The van der Waals surface area contributed by atoms with E-state index in [-0.39, 0.29) is 0 Å². The Kier molecular flexibility index (Phi) is 10.6. The number of nitrogens with zero attached hydrogens (tertiary/aromatic N) is 1. The van der Waals surface area contributed by atoms with E-state index in [1.165, 1.54) is 26.6 Å². The summed E-state index contributed by atoms with van der Waals surface area (Å²) in [6.45, 7) is 10.3. The second kappa shape index (κ2) is 9.57. The highest BCUT2D eigenvalue weighted by Gasteiger charge is 2.31. The van der Waals surface area contributed by atoms with Gasteiger partial charge in [0.15, 0.2) is 0 Å². The molecule has 0 aliphatic carbocycles. The molecular weight excluding hydrogens is 210 g/mol. The second-order valence-corrected chi connectivity index (χ2v) is 3.80. The Labute approximate surface area is 97.7 Å². The third-order valence-corrected chi connectivity index (χ3v) is 2.56. The molecule has 5 heteroatoms. The summed E-state index contributed by atoms with van der Waals surface area (Å²) in [6.07, 6.45) is 0. The highest BCUT2D eigenvalue weighted by atomic mass is 16.4. The summed E-state index contributed by atoms with van der Waals surface area (Å²) in [6, 6.07) is 0. The van der Waals surface area contributed by atoms with E-state index in [9.17, 15) is 4.79 Å². The Morgan fingerprint density at radius 3 is 1.38 bits per heavy atom. The fraction of sp³-hybridized carbons (Fsp3) is 0.909. The van der Waals surface area contributed by atoms with Crippen molar-refractivity contribution in [3.05, 3.63) is 0 Å². The van der Waals surface area contributed by atoms with Gasteiger partial charge in [-0.15, -0.1) is 0 Å². The van der Waals surface area contributed by atoms with Crippen LogP contribution in [0, 0.1) is 5.41 Å². The molecule has 0 fully saturated rings. The lowest BCUT2D eigenvalue weighted by molar-refractivity contribution is -0.152. The molecule has 0 bridgehead atoms. The molecule has 0 aliphatic rings. The number of aliphatic carboxylic acids is 1. The van der Waals surface area contributed by atoms with E-state index in [2.05, 4.69) is 25.7 Å². The number of aliphatic hydroxyl groups excluding tert-OH is 2. The number of rotatable bonds is 6. The van der Waals surface area contributed by atoms with Crippen LogP contribution in [0.2, 0.25) is 0 Å². The summed E-state index contributed by atoms with van der Waals surface area (Å²) >= 11 is 0. The van der Waals surface area contributed by atoms with E-state index in [4.69, 9.17) is 15.3 Å². The van der Waals surface area contributed by atoms with E-state index < -0.39 is 24.6 Å². The molecule has 98 valence electrons. The van der Waals surface area contributed by atoms with Gasteiger partial charge < -0.3 is 20.2 Å². The number of hydrogen-bond acceptors (Lipinski definition) is 4. The van der Waals surface area contributed by atoms with E-state index in [0.717, 1.165) is 0 Å². The molecule has 0 atom stereocenters. The summed E-state index contributed by atoms with van der Waals surface area (Å²) in [5.74, 6) is -1.19. The first-order chi connectivity index (χ1) is 7.41. The molecule has 0 aromatic rings. The fourth-order valence-corrected chi connectivity index (χ4v) is 0.856. The van der Waals surface area contributed by atoms with Gasteiger partial charge in [-0.05, 0) is 26.6 Å². The Morgan fingerprint density at radius 1 is 1.06 bits per heavy atom. The van der Waals surface area contributed by atoms with Crippen LogP contribution in [0.15, 0.2) is 0 Å². The Bertz CT molecular complexity index is 171. The van der Waals surface area contributed by atoms with Crippen LogP contribution in [0.3, 0.4) is 0 Å². The smallest absolute Gasteiger partial charge is 0.314 e. The number of carboxylic acids is 1. The summed E-state index contributed by atoms with van der Waals surface area (Å²) in [4.78, 5) is 12.5. The summed E-state index contributed by atoms with van der Waals surface area (Å²) < 4.78 is 0. The van der Waals surface area contributed by atoms with Crippen molar-refractivity contribution in [3.63, 3.8) is 0 Å². The first-order valence-electron chi connectivity index (χ1n) is 5.59. The van der Waals surface area contributed by atoms with Crippen LogP contribution in [0.5, 0.6) is 0 Å². The number of hydrogen-bond donors (Lipinski definition) is 3. The number of aliphatic hydroxyl groups is 2. The Hall–Kier alpha value is -0.650. The van der Waals surface area contributed by atoms with E-state index in [0.29, 0.717) is 0 Å². The second-order valence-electron chi connectivity index (χ2n) is 3.80. The molecule has 0 rings (SSSR count). The molecule has 0 unspecified atom stereocenters. The lowest BCUT2D eigenvalue weighted by Crippen LogP contribution is -2.35. The van der Waals surface area contributed by atoms with Gasteiger partial charge in [0.05, 0.1) is 13.2 Å². The van der Waals surface area contributed by atoms with Gasteiger partial charge in [0.25, 0.3) is 0 Å². The van der Waals surface area contributed by atoms with Crippen LogP contribution in [-0.2, 0) is 4.79 Å². The third kappa shape index (κ3) is 6.76. The predicted molar refractivity (Wildman–Crippen MR) is 63.4 cm³/mol. The van der Waals surface area contributed by atoms with Crippen molar-refractivity contribution >= 4 is 5.97 Å². The minimum absolute atomic E-state index is 0.543. The van der Waals surface area contributed by atoms with Gasteiger partial charge in [-0.2, -0.15) is 0 Å². The Morgan fingerprint density at radius 2 is 1.38 bits per heavy atom. The van der Waals surface area contributed by atoms with Crippen molar-refractivity contribution in [2.24, 2.45) is 5.41 Å². The highest BCUT2D eigenvalue weighted by Crippen LogP contribution is 2.12. The van der Waals surface area contributed by atoms with Gasteiger partial charge >= 0.3 is 5.97 Å². The molecule has 0 saturated carbocycles. The standard InChI is InChI=1S/C6H15N.C5H10O4/c1-4-7(5-2)6-3;1-5(2-6,3-7)4(8)9/h4-6H2,1-3H3;6-7H,2-3H2,1H3,(H,8,9). The molecule has 0 radical (unpaired) electrons. The molecule has 5 nitrogen and oxygen atoms in total. The maximum atomic E-state index is 10.2. The zero-order chi connectivity index (χ0) is 13.2. The molecule has 0 aromatic heterocycles. The highest BCUT2D eigenvalue weighted by molar-refractivity contribution is 5.74. The third-order valence-electron chi connectivity index (χ3n) is 2.56. The maximum Gasteiger partial charge on any atom is 0.314 e. The molecule has 0 aliphatic heterocycles. The van der Waals surface area contributed by atoms with Gasteiger partial charge in [-0.25, -0.2) is 0 Å². The van der Waals surface area contributed by atoms with Crippen molar-refractivity contribution < 1.29 is 20.1 Å². The van der Waals surface area contributed by atoms with Gasteiger partial charge in [-0.1, -0.05) is 20.8 Å². The summed E-state index contributed by atoms with van der Waals surface area (Å²) in [7, 11) is 0. The van der Waals surface area contributed by atoms with E-state index in [1.807, 2.05) is 0 Å². The minimum Gasteiger partial charge on any atom is -0.481 e. The minimum atomic E-state index is -1.39. The average Bonchev–Trinajstić information content (AvgIpc) is 2.31. The van der Waals surface area contributed by atoms with Crippen molar-refractivity contribution in [3.8, 4) is 0 Å². The molecule has 0 spiro atoms. The van der Waals surface area contributed by atoms with Gasteiger partial charge in [0, 0.05) is 0 Å². The molecule has 3 N–H and O–H groups in total. The van der Waals surface area contributed by atoms with Crippen LogP contribution in [0.4, 0.5) is 0 Å². The topological polar surface area (TPSA) is 81.0 Å². The molecule has 0 amide bonds. The van der Waals surface area contributed by atoms with Crippen LogP contribution in [0.25, 0.3) is 0 Å². The fourth-order valence-electron chi connectivity index (χ4n) is 0.856. The Balaban J connectivity index is 0. The summed E-state index contributed by atoms with van der Waals surface area (Å²) in [5.41, 5.74) is -1.39. The molecule has 16 heavy (non-hydrogen) atoms. The molecular formula is C11H25NO4. The largest absolute Gasteiger partial charge is 0.481 e. The van der Waals surface area contributed by atoms with Crippen LogP contribution in [-0.4, -0.2) is 59.0 Å². The lowest BCUT2D eigenvalue weighted by Gasteiger charge is -2.17. The first-order valence-corrected chi connectivity index (χ1v) is 5.59. The van der Waals surface area contributed by atoms with Crippen LogP contribution in [0.1, 0.15) is 27.7 Å². The molecule has 0 aromatic carbocycles. The molecule has 0 saturated heterocycles. The van der Waals surface area contributed by atoms with Gasteiger partial charge in [-0.3, -0.25) is 4.79 Å². The van der Waals surface area contributed by atoms with Crippen molar-refractivity contribution in [1.82, 2.24) is 4.90 Å². The number of carboxylic acid groups (broad SMARTS) is 1. The monoisotopic (exact) mass is 235 g/mol. The van der Waals surface area contributed by atoms with Crippen LogP contribution >= 0.6 is 0 Å². The lowest BCUT2D eigenvalue weighted by atomic mass is 9.94. The van der Waals surface area contributed by atoms with Crippen molar-refractivity contribution in [2.75, 3.05) is 32.8 Å². The van der Waals surface area contributed by atoms with Crippen molar-refractivity contribution in [2.45, 2.75) is 27.7 Å². The zero-order valence-electron chi connectivity index (χ0n) is 10.7. The SMILES string of the molecule is CC(CO)(CO)C(=O)O.CCN(CC)CC. The quantitative estimate of drug-likeness (QED) is 0.621. The normalized spacial score (nSPS) is 10.9. The van der Waals surface area contributed by atoms with Crippen molar-refractivity contribution in [1.29, 1.82) is 0 Å². The zero-order valence-corrected chi connectivity index (χ0v) is 10.7. The number of carbonyl (C=O) groups is 1. The van der Waals surface area contributed by atoms with E-state index >= 15 is 0 Å². The molecule has 0 heterocycles. The van der Waals surface area contributed by atoms with Gasteiger partial charge in [0.2, 0.25) is 0 Å². The summed E-state index contributed by atoms with van der Waals surface area (Å²) in [5, 5.41) is 25.1. The van der Waals surface area contributed by atoms with E-state index in [1.54, 1.807) is 0 Å². The van der Waals surface area contributed by atoms with Gasteiger partial charge in [0.1, 0.15) is 5.41 Å². The first kappa shape index (κ1) is 17.7. The van der Waals surface area contributed by atoms with Crippen LogP contribution < -0.4 is 0 Å². The predicted octanol–water partition coefficient (Wildman–Crippen LogP) is 0.410.